The highest BCUT2D eigenvalue weighted by atomic mass is 35.5. The van der Waals surface area contributed by atoms with Crippen LogP contribution in [0.2, 0.25) is 5.02 Å². The van der Waals surface area contributed by atoms with E-state index in [1.807, 2.05) is 0 Å². The van der Waals surface area contributed by atoms with Crippen LogP contribution in [-0.2, 0) is 6.54 Å². The van der Waals surface area contributed by atoms with Gasteiger partial charge < -0.3 is 11.1 Å². The molecule has 0 bridgehead atoms. The Morgan fingerprint density at radius 3 is 2.44 bits per heavy atom. The number of nitrogens with two attached hydrogens (primary N) is 1. The third-order valence-corrected chi connectivity index (χ3v) is 2.78. The molecule has 2 nitrogen and oxygen atoms in total. The molecule has 0 amide bonds. The van der Waals surface area contributed by atoms with Gasteiger partial charge in [-0.25, -0.2) is 8.78 Å². The maximum Gasteiger partial charge on any atom is 0.143 e. The van der Waals surface area contributed by atoms with Gasteiger partial charge in [-0.15, -0.1) is 0 Å². The van der Waals surface area contributed by atoms with Crippen molar-refractivity contribution in [3.8, 4) is 0 Å². The predicted octanol–water partition coefficient (Wildman–Crippen LogP) is 3.81. The number of nitrogen functional groups attached to an aromatic ring is 1. The number of rotatable bonds is 3. The van der Waals surface area contributed by atoms with Gasteiger partial charge in [-0.1, -0.05) is 23.7 Å². The van der Waals surface area contributed by atoms with Crippen LogP contribution in [-0.4, -0.2) is 0 Å². The fourth-order valence-corrected chi connectivity index (χ4v) is 1.69. The van der Waals surface area contributed by atoms with E-state index in [2.05, 4.69) is 5.32 Å². The SMILES string of the molecule is Nc1cc(Cl)c(F)cc1NCc1ccc(F)cc1. The summed E-state index contributed by atoms with van der Waals surface area (Å²) in [5.41, 5.74) is 7.40. The zero-order chi connectivity index (χ0) is 13.1. The smallest absolute Gasteiger partial charge is 0.143 e. The lowest BCUT2D eigenvalue weighted by Gasteiger charge is -2.10. The molecule has 3 N–H and O–H groups in total. The van der Waals surface area contributed by atoms with Crippen LogP contribution in [0.1, 0.15) is 5.56 Å². The van der Waals surface area contributed by atoms with Crippen LogP contribution < -0.4 is 11.1 Å². The Labute approximate surface area is 108 Å². The zero-order valence-electron chi connectivity index (χ0n) is 9.38. The first kappa shape index (κ1) is 12.6. The summed E-state index contributed by atoms with van der Waals surface area (Å²) in [6.07, 6.45) is 0. The molecule has 0 unspecified atom stereocenters. The number of nitrogens with one attached hydrogen (secondary N) is 1. The molecule has 0 aliphatic carbocycles. The number of anilines is 2. The molecule has 0 radical (unpaired) electrons. The average Bonchev–Trinajstić information content (AvgIpc) is 2.34. The number of halogens is 3. The van der Waals surface area contributed by atoms with Crippen LogP contribution in [0.15, 0.2) is 36.4 Å². The van der Waals surface area contributed by atoms with Crippen LogP contribution in [0, 0.1) is 11.6 Å². The molecule has 94 valence electrons. The molecule has 0 aromatic heterocycles. The standard InChI is InChI=1S/C13H11ClF2N2/c14-10-5-12(17)13(6-11(10)16)18-7-8-1-3-9(15)4-2-8/h1-6,18H,7,17H2. The fourth-order valence-electron chi connectivity index (χ4n) is 1.51. The van der Waals surface area contributed by atoms with Crippen LogP contribution >= 0.6 is 11.6 Å². The Balaban J connectivity index is 2.10. The van der Waals surface area contributed by atoms with E-state index in [4.69, 9.17) is 17.3 Å². The Morgan fingerprint density at radius 2 is 1.78 bits per heavy atom. The summed E-state index contributed by atoms with van der Waals surface area (Å²) in [5, 5.41) is 2.96. The molecule has 0 fully saturated rings. The Hall–Kier alpha value is -1.81. The van der Waals surface area contributed by atoms with Crippen LogP contribution in [0.3, 0.4) is 0 Å². The zero-order valence-corrected chi connectivity index (χ0v) is 10.1. The van der Waals surface area contributed by atoms with E-state index in [1.54, 1.807) is 12.1 Å². The van der Waals surface area contributed by atoms with E-state index in [0.717, 1.165) is 5.56 Å². The monoisotopic (exact) mass is 268 g/mol. The van der Waals surface area contributed by atoms with Crippen molar-refractivity contribution in [1.82, 2.24) is 0 Å². The van der Waals surface area contributed by atoms with E-state index in [0.29, 0.717) is 17.9 Å². The van der Waals surface area contributed by atoms with Gasteiger partial charge in [-0.3, -0.25) is 0 Å². The Kier molecular flexibility index (Phi) is 3.67. The minimum atomic E-state index is -0.535. The first-order chi connectivity index (χ1) is 8.56. The molecule has 2 aromatic rings. The maximum atomic E-state index is 13.3. The third-order valence-electron chi connectivity index (χ3n) is 2.49. The normalized spacial score (nSPS) is 10.4. The first-order valence-corrected chi connectivity index (χ1v) is 5.67. The van der Waals surface area contributed by atoms with Gasteiger partial charge >= 0.3 is 0 Å². The predicted molar refractivity (Wildman–Crippen MR) is 69.5 cm³/mol. The lowest BCUT2D eigenvalue weighted by molar-refractivity contribution is 0.627. The first-order valence-electron chi connectivity index (χ1n) is 5.29. The highest BCUT2D eigenvalue weighted by Crippen LogP contribution is 2.26. The number of benzene rings is 2. The Morgan fingerprint density at radius 1 is 1.11 bits per heavy atom. The van der Waals surface area contributed by atoms with Crippen molar-refractivity contribution in [3.63, 3.8) is 0 Å². The molecular weight excluding hydrogens is 258 g/mol. The molecule has 5 heteroatoms. The molecule has 0 heterocycles. The van der Waals surface area contributed by atoms with Gasteiger partial charge in [0.05, 0.1) is 16.4 Å². The molecule has 0 aliphatic heterocycles. The average molecular weight is 269 g/mol. The van der Waals surface area contributed by atoms with Crippen molar-refractivity contribution in [2.75, 3.05) is 11.1 Å². The van der Waals surface area contributed by atoms with E-state index in [9.17, 15) is 8.78 Å². The minimum absolute atomic E-state index is 0.0140. The molecule has 0 atom stereocenters. The van der Waals surface area contributed by atoms with Gasteiger partial charge in [-0.05, 0) is 23.8 Å². The molecule has 0 spiro atoms. The van der Waals surface area contributed by atoms with Gasteiger partial charge in [0.15, 0.2) is 0 Å². The molecule has 2 aromatic carbocycles. The molecule has 0 saturated carbocycles. The summed E-state index contributed by atoms with van der Waals surface area (Å²) in [6, 6.07) is 8.60. The van der Waals surface area contributed by atoms with Crippen molar-refractivity contribution >= 4 is 23.0 Å². The van der Waals surface area contributed by atoms with Crippen molar-refractivity contribution in [2.24, 2.45) is 0 Å². The molecule has 18 heavy (non-hydrogen) atoms. The van der Waals surface area contributed by atoms with Crippen LogP contribution in [0.4, 0.5) is 20.2 Å². The van der Waals surface area contributed by atoms with Gasteiger partial charge in [-0.2, -0.15) is 0 Å². The second-order valence-electron chi connectivity index (χ2n) is 3.83. The topological polar surface area (TPSA) is 38.0 Å². The molecular formula is C13H11ClF2N2. The van der Waals surface area contributed by atoms with Gasteiger partial charge in [0.1, 0.15) is 11.6 Å². The second-order valence-corrected chi connectivity index (χ2v) is 4.24. The van der Waals surface area contributed by atoms with E-state index >= 15 is 0 Å². The van der Waals surface area contributed by atoms with Crippen molar-refractivity contribution in [2.45, 2.75) is 6.54 Å². The molecule has 0 saturated heterocycles. The summed E-state index contributed by atoms with van der Waals surface area (Å²) < 4.78 is 26.0. The minimum Gasteiger partial charge on any atom is -0.397 e. The van der Waals surface area contributed by atoms with E-state index in [-0.39, 0.29) is 10.8 Å². The van der Waals surface area contributed by atoms with Crippen molar-refractivity contribution in [3.05, 3.63) is 58.6 Å². The number of hydrogen-bond acceptors (Lipinski definition) is 2. The highest BCUT2D eigenvalue weighted by molar-refractivity contribution is 6.31. The maximum absolute atomic E-state index is 13.3. The Bertz CT molecular complexity index is 556. The van der Waals surface area contributed by atoms with E-state index < -0.39 is 5.82 Å². The van der Waals surface area contributed by atoms with Crippen molar-refractivity contribution < 1.29 is 8.78 Å². The summed E-state index contributed by atoms with van der Waals surface area (Å²) >= 11 is 5.60. The third kappa shape index (κ3) is 2.90. The summed E-state index contributed by atoms with van der Waals surface area (Å²) in [7, 11) is 0. The lowest BCUT2D eigenvalue weighted by atomic mass is 10.2. The van der Waals surface area contributed by atoms with Gasteiger partial charge in [0.25, 0.3) is 0 Å². The molecule has 0 aliphatic rings. The van der Waals surface area contributed by atoms with Gasteiger partial charge in [0, 0.05) is 12.6 Å². The largest absolute Gasteiger partial charge is 0.397 e. The van der Waals surface area contributed by atoms with Crippen molar-refractivity contribution in [1.29, 1.82) is 0 Å². The van der Waals surface area contributed by atoms with Crippen LogP contribution in [0.5, 0.6) is 0 Å². The number of hydrogen-bond donors (Lipinski definition) is 2. The molecule has 2 rings (SSSR count). The van der Waals surface area contributed by atoms with Gasteiger partial charge in [0.2, 0.25) is 0 Å². The lowest BCUT2D eigenvalue weighted by Crippen LogP contribution is -2.03. The highest BCUT2D eigenvalue weighted by Gasteiger charge is 2.06. The van der Waals surface area contributed by atoms with E-state index in [1.165, 1.54) is 24.3 Å². The fraction of sp³-hybridized carbons (Fsp3) is 0.0769. The quantitative estimate of drug-likeness (QED) is 0.831. The second kappa shape index (κ2) is 5.23. The summed E-state index contributed by atoms with van der Waals surface area (Å²) in [4.78, 5) is 0. The summed E-state index contributed by atoms with van der Waals surface area (Å²) in [6.45, 7) is 0.422. The summed E-state index contributed by atoms with van der Waals surface area (Å²) in [5.74, 6) is -0.830. The van der Waals surface area contributed by atoms with Crippen LogP contribution in [0.25, 0.3) is 0 Å².